The van der Waals surface area contributed by atoms with Crippen molar-refractivity contribution in [2.45, 2.75) is 27.2 Å². The quantitative estimate of drug-likeness (QED) is 0.348. The van der Waals surface area contributed by atoms with Gasteiger partial charge in [-0.2, -0.15) is 0 Å². The number of carbonyl (C=O) groups is 1. The maximum atomic E-state index is 13.1. The molecule has 0 spiro atoms. The van der Waals surface area contributed by atoms with Crippen LogP contribution in [-0.4, -0.2) is 38.0 Å². The molecule has 1 aromatic rings. The van der Waals surface area contributed by atoms with Crippen molar-refractivity contribution in [2.24, 2.45) is 4.99 Å². The Labute approximate surface area is 154 Å². The normalized spacial score (nSPS) is 10.7. The highest BCUT2D eigenvalue weighted by molar-refractivity contribution is 14.0. The largest absolute Gasteiger partial charge is 0.357 e. The fraction of sp³-hybridized carbons (Fsp3) is 0.500. The summed E-state index contributed by atoms with van der Waals surface area (Å²) >= 11 is 0. The molecule has 3 N–H and O–H groups in total. The second kappa shape index (κ2) is 12.1. The number of nitrogens with one attached hydrogen (secondary N) is 3. The number of rotatable bonds is 7. The molecule has 0 saturated carbocycles. The first kappa shape index (κ1) is 21.6. The Bertz CT molecular complexity index is 523. The zero-order valence-electron chi connectivity index (χ0n) is 13.9. The van der Waals surface area contributed by atoms with Gasteiger partial charge in [-0.3, -0.25) is 4.79 Å². The summed E-state index contributed by atoms with van der Waals surface area (Å²) in [4.78, 5) is 15.6. The fourth-order valence-electron chi connectivity index (χ4n) is 2.00. The molecule has 1 rings (SSSR count). The zero-order valence-corrected chi connectivity index (χ0v) is 16.2. The minimum absolute atomic E-state index is 0. The first-order valence-corrected chi connectivity index (χ1v) is 7.60. The highest BCUT2D eigenvalue weighted by Crippen LogP contribution is 2.10. The maximum absolute atomic E-state index is 13.1. The third-order valence-corrected chi connectivity index (χ3v) is 3.09. The summed E-state index contributed by atoms with van der Waals surface area (Å²) in [6.07, 6.45) is 0.762. The van der Waals surface area contributed by atoms with Crippen LogP contribution in [0.2, 0.25) is 0 Å². The van der Waals surface area contributed by atoms with E-state index in [1.165, 1.54) is 12.1 Å². The number of hydrogen-bond acceptors (Lipinski definition) is 2. The zero-order chi connectivity index (χ0) is 16.4. The lowest BCUT2D eigenvalue weighted by atomic mass is 10.1. The third-order valence-electron chi connectivity index (χ3n) is 3.09. The van der Waals surface area contributed by atoms with Crippen LogP contribution < -0.4 is 16.0 Å². The molecule has 5 nitrogen and oxygen atoms in total. The molecule has 0 radical (unpaired) electrons. The molecule has 1 amide bonds. The van der Waals surface area contributed by atoms with Gasteiger partial charge in [0.15, 0.2) is 5.96 Å². The van der Waals surface area contributed by atoms with E-state index in [-0.39, 0.29) is 42.2 Å². The van der Waals surface area contributed by atoms with E-state index in [2.05, 4.69) is 20.9 Å². The second-order valence-electron chi connectivity index (χ2n) is 4.90. The smallest absolute Gasteiger partial charge is 0.241 e. The highest BCUT2D eigenvalue weighted by Gasteiger charge is 2.03. The first-order chi connectivity index (χ1) is 10.6. The van der Waals surface area contributed by atoms with Gasteiger partial charge in [-0.15, -0.1) is 24.0 Å². The second-order valence-corrected chi connectivity index (χ2v) is 4.90. The first-order valence-electron chi connectivity index (χ1n) is 7.60. The molecule has 1 aromatic carbocycles. The van der Waals surface area contributed by atoms with Crippen molar-refractivity contribution in [1.29, 1.82) is 0 Å². The van der Waals surface area contributed by atoms with E-state index in [4.69, 9.17) is 0 Å². The van der Waals surface area contributed by atoms with Crippen LogP contribution in [0.1, 0.15) is 25.0 Å². The topological polar surface area (TPSA) is 65.5 Å². The number of aliphatic imine (C=N–C) groups is 1. The SMILES string of the molecule is CCNC(=O)CN=C(NCC)NCCc1ccc(F)cc1C.I. The van der Waals surface area contributed by atoms with Crippen LogP contribution in [0.5, 0.6) is 0 Å². The molecule has 0 aliphatic carbocycles. The van der Waals surface area contributed by atoms with Gasteiger partial charge < -0.3 is 16.0 Å². The van der Waals surface area contributed by atoms with Crippen LogP contribution in [0.25, 0.3) is 0 Å². The van der Waals surface area contributed by atoms with E-state index in [1.807, 2.05) is 20.8 Å². The molecular weight excluding hydrogens is 410 g/mol. The Morgan fingerprint density at radius 1 is 1.17 bits per heavy atom. The van der Waals surface area contributed by atoms with Gasteiger partial charge in [-0.25, -0.2) is 9.38 Å². The predicted octanol–water partition coefficient (Wildman–Crippen LogP) is 1.99. The van der Waals surface area contributed by atoms with Gasteiger partial charge in [0.1, 0.15) is 12.4 Å². The molecule has 0 atom stereocenters. The van der Waals surface area contributed by atoms with E-state index in [9.17, 15) is 9.18 Å². The number of benzene rings is 1. The van der Waals surface area contributed by atoms with Gasteiger partial charge in [0.2, 0.25) is 5.91 Å². The number of aryl methyl sites for hydroxylation is 1. The van der Waals surface area contributed by atoms with Gasteiger partial charge >= 0.3 is 0 Å². The Morgan fingerprint density at radius 2 is 1.87 bits per heavy atom. The van der Waals surface area contributed by atoms with E-state index >= 15 is 0 Å². The number of halogens is 2. The van der Waals surface area contributed by atoms with Gasteiger partial charge in [-0.1, -0.05) is 6.07 Å². The minimum Gasteiger partial charge on any atom is -0.357 e. The average Bonchev–Trinajstić information content (AvgIpc) is 2.47. The summed E-state index contributed by atoms with van der Waals surface area (Å²) in [6, 6.07) is 4.80. The minimum atomic E-state index is -0.217. The number of carbonyl (C=O) groups excluding carboxylic acids is 1. The van der Waals surface area contributed by atoms with E-state index in [0.29, 0.717) is 19.0 Å². The van der Waals surface area contributed by atoms with Crippen molar-refractivity contribution in [2.75, 3.05) is 26.2 Å². The van der Waals surface area contributed by atoms with Crippen molar-refractivity contribution in [3.63, 3.8) is 0 Å². The van der Waals surface area contributed by atoms with Crippen LogP contribution >= 0.6 is 24.0 Å². The lowest BCUT2D eigenvalue weighted by Crippen LogP contribution is -2.39. The fourth-order valence-corrected chi connectivity index (χ4v) is 2.00. The van der Waals surface area contributed by atoms with Crippen LogP contribution in [0, 0.1) is 12.7 Å². The summed E-state index contributed by atoms with van der Waals surface area (Å²) < 4.78 is 13.1. The van der Waals surface area contributed by atoms with Crippen LogP contribution in [0.3, 0.4) is 0 Å². The number of amides is 1. The van der Waals surface area contributed by atoms with E-state index < -0.39 is 0 Å². The Morgan fingerprint density at radius 3 is 2.48 bits per heavy atom. The highest BCUT2D eigenvalue weighted by atomic mass is 127. The molecule has 0 aromatic heterocycles. The van der Waals surface area contributed by atoms with Gasteiger partial charge in [0, 0.05) is 19.6 Å². The summed E-state index contributed by atoms with van der Waals surface area (Å²) in [5.74, 6) is 0.286. The van der Waals surface area contributed by atoms with Gasteiger partial charge in [0.05, 0.1) is 0 Å². The van der Waals surface area contributed by atoms with Crippen molar-refractivity contribution in [3.05, 3.63) is 35.1 Å². The maximum Gasteiger partial charge on any atom is 0.241 e. The molecule has 0 fully saturated rings. The molecule has 0 unspecified atom stereocenters. The molecule has 23 heavy (non-hydrogen) atoms. The Hall–Kier alpha value is -1.38. The third kappa shape index (κ3) is 8.73. The number of likely N-dealkylation sites (N-methyl/N-ethyl adjacent to an activating group) is 1. The molecule has 7 heteroatoms. The summed E-state index contributed by atoms with van der Waals surface area (Å²) in [6.45, 7) is 7.81. The van der Waals surface area contributed by atoms with Crippen molar-refractivity contribution < 1.29 is 9.18 Å². The molecule has 0 aliphatic heterocycles. The van der Waals surface area contributed by atoms with Crippen LogP contribution in [0.15, 0.2) is 23.2 Å². The van der Waals surface area contributed by atoms with E-state index in [0.717, 1.165) is 24.1 Å². The van der Waals surface area contributed by atoms with E-state index in [1.54, 1.807) is 6.07 Å². The van der Waals surface area contributed by atoms with Crippen LogP contribution in [-0.2, 0) is 11.2 Å². The average molecular weight is 436 g/mol. The van der Waals surface area contributed by atoms with Crippen molar-refractivity contribution in [3.8, 4) is 0 Å². The Balaban J connectivity index is 0.00000484. The van der Waals surface area contributed by atoms with Crippen molar-refractivity contribution >= 4 is 35.8 Å². The Kier molecular flexibility index (Phi) is 11.4. The molecule has 130 valence electrons. The molecule has 0 aliphatic rings. The summed E-state index contributed by atoms with van der Waals surface area (Å²) in [5, 5.41) is 8.96. The number of nitrogens with zero attached hydrogens (tertiary/aromatic N) is 1. The monoisotopic (exact) mass is 436 g/mol. The summed E-state index contributed by atoms with van der Waals surface area (Å²) in [5.41, 5.74) is 2.03. The lowest BCUT2D eigenvalue weighted by molar-refractivity contribution is -0.119. The van der Waals surface area contributed by atoms with Gasteiger partial charge in [0.25, 0.3) is 0 Å². The molecule has 0 saturated heterocycles. The molecule has 0 bridgehead atoms. The predicted molar refractivity (Wildman–Crippen MR) is 103 cm³/mol. The number of hydrogen-bond donors (Lipinski definition) is 3. The van der Waals surface area contributed by atoms with Gasteiger partial charge in [-0.05, 0) is 50.5 Å². The molecular formula is C16H26FIN4O. The standard InChI is InChI=1S/C16H25FN4O.HI/c1-4-18-15(22)11-21-16(19-5-2)20-9-8-13-6-7-14(17)10-12(13)3;/h6-7,10H,4-5,8-9,11H2,1-3H3,(H,18,22)(H2,19,20,21);1H. The lowest BCUT2D eigenvalue weighted by Gasteiger charge is -2.12. The summed E-state index contributed by atoms with van der Waals surface area (Å²) in [7, 11) is 0. The number of guanidine groups is 1. The van der Waals surface area contributed by atoms with Crippen molar-refractivity contribution in [1.82, 2.24) is 16.0 Å². The molecule has 0 heterocycles. The van der Waals surface area contributed by atoms with Crippen LogP contribution in [0.4, 0.5) is 4.39 Å².